The molecule has 6 fully saturated rings. The molecule has 6 aliphatic rings. The van der Waals surface area contributed by atoms with Gasteiger partial charge in [-0.25, -0.2) is 0 Å². The van der Waals surface area contributed by atoms with E-state index in [-0.39, 0.29) is 22.9 Å². The van der Waals surface area contributed by atoms with E-state index < -0.39 is 11.6 Å². The Bertz CT molecular complexity index is 740. The monoisotopic (exact) mass is 434 g/mol. The molecule has 0 N–H and O–H groups in total. The first-order valence-corrected chi connectivity index (χ1v) is 12.6. The highest BCUT2D eigenvalue weighted by molar-refractivity contribution is 5.66. The molecule has 2 aliphatic heterocycles. The van der Waals surface area contributed by atoms with Gasteiger partial charge < -0.3 is 23.7 Å². The summed E-state index contributed by atoms with van der Waals surface area (Å²) < 4.78 is 31.4. The van der Waals surface area contributed by atoms with E-state index in [0.29, 0.717) is 50.1 Å². The first-order valence-electron chi connectivity index (χ1n) is 12.6. The van der Waals surface area contributed by atoms with Gasteiger partial charge in [-0.1, -0.05) is 13.8 Å². The van der Waals surface area contributed by atoms with Gasteiger partial charge in [-0.2, -0.15) is 0 Å². The summed E-state index contributed by atoms with van der Waals surface area (Å²) in [4.78, 5) is 11.6. The van der Waals surface area contributed by atoms with Gasteiger partial charge in [0.05, 0.1) is 26.4 Å². The van der Waals surface area contributed by atoms with Crippen molar-refractivity contribution >= 4 is 5.97 Å². The zero-order valence-corrected chi connectivity index (χ0v) is 19.3. The van der Waals surface area contributed by atoms with Crippen molar-refractivity contribution in [2.45, 2.75) is 89.8 Å². The molecule has 0 radical (unpaired) electrons. The predicted molar refractivity (Wildman–Crippen MR) is 112 cm³/mol. The molecule has 0 unspecified atom stereocenters. The van der Waals surface area contributed by atoms with Gasteiger partial charge in [0, 0.05) is 31.1 Å². The number of hydrogen-bond donors (Lipinski definition) is 0. The lowest BCUT2D eigenvalue weighted by atomic mass is 9.43. The lowest BCUT2D eigenvalue weighted by Gasteiger charge is -2.65. The summed E-state index contributed by atoms with van der Waals surface area (Å²) in [6, 6.07) is 0. The van der Waals surface area contributed by atoms with Crippen molar-refractivity contribution in [1.29, 1.82) is 0 Å². The van der Waals surface area contributed by atoms with Gasteiger partial charge in [0.1, 0.15) is 6.10 Å². The Morgan fingerprint density at radius 1 is 0.871 bits per heavy atom. The zero-order valence-electron chi connectivity index (χ0n) is 19.3. The molecule has 4 aliphatic carbocycles. The summed E-state index contributed by atoms with van der Waals surface area (Å²) in [5.41, 5.74) is 0.265. The van der Waals surface area contributed by atoms with Crippen LogP contribution in [0.4, 0.5) is 0 Å². The highest BCUT2D eigenvalue weighted by atomic mass is 16.7. The maximum atomic E-state index is 11.6. The Balaban J connectivity index is 1.36. The fourth-order valence-electron chi connectivity index (χ4n) is 9.17. The van der Waals surface area contributed by atoms with Crippen LogP contribution in [0.3, 0.4) is 0 Å². The molecule has 2 heterocycles. The summed E-state index contributed by atoms with van der Waals surface area (Å²) >= 11 is 0. The molecule has 0 aromatic heterocycles. The van der Waals surface area contributed by atoms with Gasteiger partial charge in [-0.15, -0.1) is 0 Å². The van der Waals surface area contributed by atoms with E-state index in [1.54, 1.807) is 0 Å². The van der Waals surface area contributed by atoms with E-state index in [9.17, 15) is 4.79 Å². The molecule has 7 atom stereocenters. The standard InChI is InChI=1S/C25H38O6/c1-16(26)31-18-4-7-22(2)17(14-18)15-24(27-10-11-28-24)21-19(22)5-8-23(3)20(21)6-9-25(23)29-12-13-30-25/h17-21H,4-15H2,1-3H3/t17-,18+,19+,20-,21+,22+,23+/m1/s1. The summed E-state index contributed by atoms with van der Waals surface area (Å²) in [7, 11) is 0. The summed E-state index contributed by atoms with van der Waals surface area (Å²) in [6.45, 7) is 9.25. The number of fused-ring (bicyclic) bond motifs is 7. The van der Waals surface area contributed by atoms with Gasteiger partial charge in [0.15, 0.2) is 11.6 Å². The van der Waals surface area contributed by atoms with Crippen molar-refractivity contribution in [3.8, 4) is 0 Å². The van der Waals surface area contributed by atoms with Crippen molar-refractivity contribution in [3.05, 3.63) is 0 Å². The van der Waals surface area contributed by atoms with Crippen LogP contribution in [0.1, 0.15) is 72.1 Å². The molecular weight excluding hydrogens is 396 g/mol. The molecule has 2 spiro atoms. The molecule has 2 saturated heterocycles. The Hall–Kier alpha value is -0.690. The molecule has 6 heteroatoms. The van der Waals surface area contributed by atoms with Crippen LogP contribution in [-0.4, -0.2) is 50.1 Å². The topological polar surface area (TPSA) is 63.2 Å². The van der Waals surface area contributed by atoms with Crippen LogP contribution in [0.25, 0.3) is 0 Å². The van der Waals surface area contributed by atoms with Gasteiger partial charge >= 0.3 is 5.97 Å². The second kappa shape index (κ2) is 6.91. The minimum atomic E-state index is -0.497. The third-order valence-corrected chi connectivity index (χ3v) is 10.5. The molecule has 6 rings (SSSR count). The molecule has 0 aromatic carbocycles. The SMILES string of the molecule is CC(=O)O[C@H]1CC[C@@]2(C)[C@H](C1)CC1(OCCO1)[C@@H]1[C@H]3CCC4(OCCO4)[C@@]3(C)CC[C@@H]12. The Morgan fingerprint density at radius 2 is 1.55 bits per heavy atom. The van der Waals surface area contributed by atoms with E-state index in [4.69, 9.17) is 23.7 Å². The van der Waals surface area contributed by atoms with Gasteiger partial charge in [-0.3, -0.25) is 4.79 Å². The number of carbonyl (C=O) groups is 1. The highest BCUT2D eigenvalue weighted by Crippen LogP contribution is 2.72. The number of esters is 1. The van der Waals surface area contributed by atoms with Crippen LogP contribution in [0.2, 0.25) is 0 Å². The molecular formula is C25H38O6. The fraction of sp³-hybridized carbons (Fsp3) is 0.960. The Labute approximate surface area is 185 Å². The molecule has 4 saturated carbocycles. The van der Waals surface area contributed by atoms with Crippen molar-refractivity contribution in [3.63, 3.8) is 0 Å². The van der Waals surface area contributed by atoms with Gasteiger partial charge in [-0.05, 0) is 61.7 Å². The van der Waals surface area contributed by atoms with Crippen molar-refractivity contribution < 1.29 is 28.5 Å². The smallest absolute Gasteiger partial charge is 0.302 e. The Kier molecular flexibility index (Phi) is 4.65. The minimum Gasteiger partial charge on any atom is -0.463 e. The molecule has 174 valence electrons. The molecule has 6 nitrogen and oxygen atoms in total. The van der Waals surface area contributed by atoms with Crippen molar-refractivity contribution in [1.82, 2.24) is 0 Å². The lowest BCUT2D eigenvalue weighted by Crippen LogP contribution is -2.65. The van der Waals surface area contributed by atoms with Gasteiger partial charge in [0.2, 0.25) is 0 Å². The molecule has 0 amide bonds. The normalized spacial score (nSPS) is 49.6. The minimum absolute atomic E-state index is 0.0190. The first kappa shape index (κ1) is 20.9. The Morgan fingerprint density at radius 3 is 2.26 bits per heavy atom. The van der Waals surface area contributed by atoms with E-state index in [0.717, 1.165) is 44.9 Å². The maximum absolute atomic E-state index is 11.6. The van der Waals surface area contributed by atoms with Crippen LogP contribution < -0.4 is 0 Å². The first-order chi connectivity index (χ1) is 14.8. The van der Waals surface area contributed by atoms with Crippen molar-refractivity contribution in [2.75, 3.05) is 26.4 Å². The van der Waals surface area contributed by atoms with Crippen molar-refractivity contribution in [2.24, 2.45) is 34.5 Å². The third-order valence-electron chi connectivity index (χ3n) is 10.5. The van der Waals surface area contributed by atoms with E-state index in [1.165, 1.54) is 13.3 Å². The van der Waals surface area contributed by atoms with Crippen LogP contribution in [0, 0.1) is 34.5 Å². The largest absolute Gasteiger partial charge is 0.463 e. The molecule has 31 heavy (non-hydrogen) atoms. The fourth-order valence-corrected chi connectivity index (χ4v) is 9.17. The van der Waals surface area contributed by atoms with E-state index in [1.807, 2.05) is 0 Å². The predicted octanol–water partition coefficient (Wildman–Crippen LogP) is 4.06. The lowest BCUT2D eigenvalue weighted by molar-refractivity contribution is -0.317. The second-order valence-electron chi connectivity index (χ2n) is 11.6. The second-order valence-corrected chi connectivity index (χ2v) is 11.6. The van der Waals surface area contributed by atoms with Crippen LogP contribution >= 0.6 is 0 Å². The average molecular weight is 435 g/mol. The summed E-state index contributed by atoms with van der Waals surface area (Å²) in [6.07, 6.45) is 8.42. The van der Waals surface area contributed by atoms with Crippen LogP contribution in [0.15, 0.2) is 0 Å². The molecule has 0 aromatic rings. The number of ether oxygens (including phenoxy) is 5. The highest BCUT2D eigenvalue weighted by Gasteiger charge is 2.72. The maximum Gasteiger partial charge on any atom is 0.302 e. The average Bonchev–Trinajstić information content (AvgIpc) is 3.45. The number of hydrogen-bond acceptors (Lipinski definition) is 6. The van der Waals surface area contributed by atoms with Crippen LogP contribution in [-0.2, 0) is 28.5 Å². The van der Waals surface area contributed by atoms with E-state index >= 15 is 0 Å². The van der Waals surface area contributed by atoms with E-state index in [2.05, 4.69) is 13.8 Å². The third kappa shape index (κ3) is 2.74. The number of rotatable bonds is 1. The zero-order chi connectivity index (χ0) is 21.5. The molecule has 0 bridgehead atoms. The number of carbonyl (C=O) groups excluding carboxylic acids is 1. The summed E-state index contributed by atoms with van der Waals surface area (Å²) in [5.74, 6) is 0.836. The van der Waals surface area contributed by atoms with Crippen LogP contribution in [0.5, 0.6) is 0 Å². The van der Waals surface area contributed by atoms with Gasteiger partial charge in [0.25, 0.3) is 0 Å². The quantitative estimate of drug-likeness (QED) is 0.580. The summed E-state index contributed by atoms with van der Waals surface area (Å²) in [5, 5.41) is 0.